The zero-order chi connectivity index (χ0) is 13.8. The molecule has 0 fully saturated rings. The number of halogens is 3. The van der Waals surface area contributed by atoms with Crippen LogP contribution in [-0.2, 0) is 6.42 Å². The predicted molar refractivity (Wildman–Crippen MR) is 64.1 cm³/mol. The molecule has 3 nitrogen and oxygen atoms in total. The van der Waals surface area contributed by atoms with E-state index < -0.39 is 17.5 Å². The quantitative estimate of drug-likeness (QED) is 0.670. The van der Waals surface area contributed by atoms with Crippen LogP contribution in [0.15, 0.2) is 22.7 Å². The Bertz CT molecular complexity index is 546. The van der Waals surface area contributed by atoms with Crippen molar-refractivity contribution in [3.05, 3.63) is 41.7 Å². The number of nitrogens with zero attached hydrogens (tertiary/aromatic N) is 1. The first-order chi connectivity index (χ1) is 9.11. The standard InChI is InChI=1S/C13H13F3N2O/c1-17-4-2-3-12-18-7-11(19-12)8-5-9(14)13(16)10(15)6-8/h5-7,17H,2-4H2,1H3. The van der Waals surface area contributed by atoms with Crippen LogP contribution in [0.4, 0.5) is 13.2 Å². The third-order valence-corrected chi connectivity index (χ3v) is 2.64. The molecule has 0 aliphatic heterocycles. The van der Waals surface area contributed by atoms with Gasteiger partial charge >= 0.3 is 0 Å². The lowest BCUT2D eigenvalue weighted by Crippen LogP contribution is -2.08. The number of benzene rings is 1. The van der Waals surface area contributed by atoms with E-state index in [1.807, 2.05) is 7.05 Å². The molecule has 2 rings (SSSR count). The van der Waals surface area contributed by atoms with Crippen molar-refractivity contribution in [3.63, 3.8) is 0 Å². The van der Waals surface area contributed by atoms with E-state index in [1.165, 1.54) is 6.20 Å². The number of rotatable bonds is 5. The Kier molecular flexibility index (Phi) is 4.21. The molecule has 0 amide bonds. The van der Waals surface area contributed by atoms with Gasteiger partial charge in [-0.25, -0.2) is 18.2 Å². The van der Waals surface area contributed by atoms with Crippen molar-refractivity contribution in [1.82, 2.24) is 10.3 Å². The fourth-order valence-electron chi connectivity index (χ4n) is 1.67. The molecule has 0 spiro atoms. The molecule has 1 aromatic carbocycles. The number of aromatic nitrogens is 1. The first-order valence-corrected chi connectivity index (χ1v) is 5.86. The van der Waals surface area contributed by atoms with Crippen molar-refractivity contribution in [1.29, 1.82) is 0 Å². The zero-order valence-electron chi connectivity index (χ0n) is 10.3. The van der Waals surface area contributed by atoms with Crippen LogP contribution in [0.2, 0.25) is 0 Å². The van der Waals surface area contributed by atoms with Gasteiger partial charge < -0.3 is 9.73 Å². The summed E-state index contributed by atoms with van der Waals surface area (Å²) in [6, 6.07) is 1.77. The lowest BCUT2D eigenvalue weighted by molar-refractivity contribution is 0.446. The van der Waals surface area contributed by atoms with Gasteiger partial charge in [0, 0.05) is 12.0 Å². The van der Waals surface area contributed by atoms with E-state index in [-0.39, 0.29) is 11.3 Å². The normalized spacial score (nSPS) is 10.9. The van der Waals surface area contributed by atoms with E-state index in [0.717, 1.165) is 25.1 Å². The van der Waals surface area contributed by atoms with Crippen molar-refractivity contribution in [2.24, 2.45) is 0 Å². The van der Waals surface area contributed by atoms with Crippen LogP contribution in [0.3, 0.4) is 0 Å². The summed E-state index contributed by atoms with van der Waals surface area (Å²) in [6.45, 7) is 0.817. The van der Waals surface area contributed by atoms with Gasteiger partial charge in [-0.05, 0) is 32.1 Å². The molecule has 0 saturated heterocycles. The third kappa shape index (κ3) is 3.14. The maximum Gasteiger partial charge on any atom is 0.194 e. The summed E-state index contributed by atoms with van der Waals surface area (Å²) in [5.74, 6) is -3.28. The third-order valence-electron chi connectivity index (χ3n) is 2.64. The van der Waals surface area contributed by atoms with E-state index in [1.54, 1.807) is 0 Å². The molecule has 0 atom stereocenters. The fourth-order valence-corrected chi connectivity index (χ4v) is 1.67. The lowest BCUT2D eigenvalue weighted by atomic mass is 10.1. The number of nitrogens with one attached hydrogen (secondary N) is 1. The molecule has 2 aromatic rings. The van der Waals surface area contributed by atoms with Crippen molar-refractivity contribution >= 4 is 0 Å². The smallest absolute Gasteiger partial charge is 0.194 e. The average molecular weight is 270 g/mol. The zero-order valence-corrected chi connectivity index (χ0v) is 10.3. The van der Waals surface area contributed by atoms with E-state index in [4.69, 9.17) is 4.42 Å². The molecule has 6 heteroatoms. The van der Waals surface area contributed by atoms with Gasteiger partial charge in [-0.3, -0.25) is 0 Å². The number of hydrogen-bond acceptors (Lipinski definition) is 3. The Morgan fingerprint density at radius 2 is 1.89 bits per heavy atom. The minimum absolute atomic E-state index is 0.128. The number of oxazole rings is 1. The second-order valence-electron chi connectivity index (χ2n) is 4.08. The summed E-state index contributed by atoms with van der Waals surface area (Å²) in [4.78, 5) is 4.01. The van der Waals surface area contributed by atoms with Crippen LogP contribution >= 0.6 is 0 Å². The summed E-state index contributed by atoms with van der Waals surface area (Å²) < 4.78 is 44.4. The highest BCUT2D eigenvalue weighted by atomic mass is 19.2. The van der Waals surface area contributed by atoms with Crippen molar-refractivity contribution in [3.8, 4) is 11.3 Å². The molecular formula is C13H13F3N2O. The molecule has 0 radical (unpaired) electrons. The highest BCUT2D eigenvalue weighted by molar-refractivity contribution is 5.56. The van der Waals surface area contributed by atoms with Gasteiger partial charge in [0.2, 0.25) is 0 Å². The van der Waals surface area contributed by atoms with Crippen molar-refractivity contribution in [2.45, 2.75) is 12.8 Å². The fraction of sp³-hybridized carbons (Fsp3) is 0.308. The molecular weight excluding hydrogens is 257 g/mol. The summed E-state index contributed by atoms with van der Waals surface area (Å²) in [5, 5.41) is 2.99. The molecule has 102 valence electrons. The predicted octanol–water partition coefficient (Wildman–Crippen LogP) is 2.91. The van der Waals surface area contributed by atoms with Gasteiger partial charge in [0.25, 0.3) is 0 Å². The van der Waals surface area contributed by atoms with Crippen LogP contribution < -0.4 is 5.32 Å². The van der Waals surface area contributed by atoms with E-state index in [0.29, 0.717) is 12.3 Å². The highest BCUT2D eigenvalue weighted by Gasteiger charge is 2.14. The van der Waals surface area contributed by atoms with Crippen molar-refractivity contribution in [2.75, 3.05) is 13.6 Å². The Morgan fingerprint density at radius 1 is 1.21 bits per heavy atom. The summed E-state index contributed by atoms with van der Waals surface area (Å²) >= 11 is 0. The Morgan fingerprint density at radius 3 is 2.53 bits per heavy atom. The largest absolute Gasteiger partial charge is 0.441 e. The van der Waals surface area contributed by atoms with Crippen LogP contribution in [0.25, 0.3) is 11.3 Å². The molecule has 0 bridgehead atoms. The highest BCUT2D eigenvalue weighted by Crippen LogP contribution is 2.24. The van der Waals surface area contributed by atoms with Crippen LogP contribution in [0, 0.1) is 17.5 Å². The molecule has 19 heavy (non-hydrogen) atoms. The Labute approximate surface area is 108 Å². The number of aryl methyl sites for hydroxylation is 1. The first-order valence-electron chi connectivity index (χ1n) is 5.86. The molecule has 1 N–H and O–H groups in total. The summed E-state index contributed by atoms with van der Waals surface area (Å²) in [5.41, 5.74) is 0.128. The van der Waals surface area contributed by atoms with E-state index in [2.05, 4.69) is 10.3 Å². The summed E-state index contributed by atoms with van der Waals surface area (Å²) in [6.07, 6.45) is 2.83. The van der Waals surface area contributed by atoms with E-state index >= 15 is 0 Å². The maximum absolute atomic E-state index is 13.1. The maximum atomic E-state index is 13.1. The first kappa shape index (κ1) is 13.6. The summed E-state index contributed by atoms with van der Waals surface area (Å²) in [7, 11) is 1.84. The second kappa shape index (κ2) is 5.88. The monoisotopic (exact) mass is 270 g/mol. The Balaban J connectivity index is 2.18. The van der Waals surface area contributed by atoms with Gasteiger partial charge in [0.15, 0.2) is 29.1 Å². The number of hydrogen-bond donors (Lipinski definition) is 1. The minimum Gasteiger partial charge on any atom is -0.441 e. The van der Waals surface area contributed by atoms with Crippen LogP contribution in [0.1, 0.15) is 12.3 Å². The molecule has 0 saturated carbocycles. The topological polar surface area (TPSA) is 38.1 Å². The van der Waals surface area contributed by atoms with Gasteiger partial charge in [0.05, 0.1) is 6.20 Å². The SMILES string of the molecule is CNCCCc1ncc(-c2cc(F)c(F)c(F)c2)o1. The van der Waals surface area contributed by atoms with Crippen molar-refractivity contribution < 1.29 is 17.6 Å². The van der Waals surface area contributed by atoms with E-state index in [9.17, 15) is 13.2 Å². The molecule has 1 aromatic heterocycles. The van der Waals surface area contributed by atoms with Gasteiger partial charge in [-0.1, -0.05) is 0 Å². The van der Waals surface area contributed by atoms with Gasteiger partial charge in [0.1, 0.15) is 0 Å². The minimum atomic E-state index is -1.49. The van der Waals surface area contributed by atoms with Gasteiger partial charge in [-0.2, -0.15) is 0 Å². The average Bonchev–Trinajstić information content (AvgIpc) is 2.84. The lowest BCUT2D eigenvalue weighted by Gasteiger charge is -2.00. The van der Waals surface area contributed by atoms with Gasteiger partial charge in [-0.15, -0.1) is 0 Å². The molecule has 0 unspecified atom stereocenters. The van der Waals surface area contributed by atoms with Crippen LogP contribution in [0.5, 0.6) is 0 Å². The Hall–Kier alpha value is -1.82. The van der Waals surface area contributed by atoms with Crippen LogP contribution in [-0.4, -0.2) is 18.6 Å². The second-order valence-corrected chi connectivity index (χ2v) is 4.08. The molecule has 0 aliphatic rings. The molecule has 1 heterocycles. The molecule has 0 aliphatic carbocycles.